The van der Waals surface area contributed by atoms with Crippen LogP contribution in [0.15, 0.2) is 23.1 Å². The van der Waals surface area contributed by atoms with Gasteiger partial charge >= 0.3 is 0 Å². The maximum Gasteiger partial charge on any atom is 0.137 e. The van der Waals surface area contributed by atoms with Gasteiger partial charge in [-0.2, -0.15) is 0 Å². The van der Waals surface area contributed by atoms with Gasteiger partial charge in [0.15, 0.2) is 0 Å². The molecular weight excluding hydrogens is 210 g/mol. The Bertz CT molecular complexity index is 388. The van der Waals surface area contributed by atoms with E-state index in [9.17, 15) is 4.21 Å². The minimum Gasteiger partial charge on any atom is -0.495 e. The number of nitrogen functional groups attached to an aromatic ring is 1. The van der Waals surface area contributed by atoms with E-state index in [-0.39, 0.29) is 0 Å². The van der Waals surface area contributed by atoms with Crippen LogP contribution in [0.2, 0.25) is 0 Å². The van der Waals surface area contributed by atoms with E-state index >= 15 is 0 Å². The van der Waals surface area contributed by atoms with Crippen molar-refractivity contribution in [3.05, 3.63) is 18.2 Å². The summed E-state index contributed by atoms with van der Waals surface area (Å²) in [6, 6.07) is 5.29. The lowest BCUT2D eigenvalue weighted by Gasteiger charge is -2.08. The van der Waals surface area contributed by atoms with Crippen LogP contribution in [-0.4, -0.2) is 17.1 Å². The lowest BCUT2D eigenvalue weighted by atomic mass is 10.3. The van der Waals surface area contributed by atoms with E-state index in [4.69, 9.17) is 10.5 Å². The normalized spacial score (nSPS) is 17.4. The van der Waals surface area contributed by atoms with Crippen LogP contribution in [0.3, 0.4) is 0 Å². The number of hydrogen-bond acceptors (Lipinski definition) is 3. The summed E-state index contributed by atoms with van der Waals surface area (Å²) in [6.07, 6.45) is 2.42. The molecule has 1 unspecified atom stereocenters. The van der Waals surface area contributed by atoms with Crippen LogP contribution in [0.1, 0.15) is 12.8 Å². The van der Waals surface area contributed by atoms with Crippen molar-refractivity contribution in [3.8, 4) is 5.75 Å². The molecule has 0 heterocycles. The summed E-state index contributed by atoms with van der Waals surface area (Å²) in [6.45, 7) is 0. The summed E-state index contributed by atoms with van der Waals surface area (Å²) < 4.78 is 17.2. The van der Waals surface area contributed by atoms with Gasteiger partial charge in [-0.25, -0.2) is 0 Å². The molecule has 2 rings (SSSR count). The zero-order chi connectivity index (χ0) is 10.8. The number of hydrogen-bond donors (Lipinski definition) is 1. The average molecular weight is 225 g/mol. The summed E-state index contributed by atoms with van der Waals surface area (Å²) in [4.78, 5) is 0.763. The maximum absolute atomic E-state index is 12.0. The van der Waals surface area contributed by atoms with E-state index in [1.165, 1.54) is 12.8 Å². The highest BCUT2D eigenvalue weighted by Gasteiger charge is 2.25. The van der Waals surface area contributed by atoms with Crippen LogP contribution in [0.25, 0.3) is 0 Å². The standard InChI is InChI=1S/C11H15NO2S/c1-14-10-6-9(12)4-5-11(10)15(13)7-8-2-3-8/h4-6,8H,2-3,7,12H2,1H3. The maximum atomic E-state index is 12.0. The number of anilines is 1. The van der Waals surface area contributed by atoms with Gasteiger partial charge in [0, 0.05) is 17.5 Å². The Morgan fingerprint density at radius 1 is 1.53 bits per heavy atom. The molecule has 0 bridgehead atoms. The Hall–Kier alpha value is -1.03. The van der Waals surface area contributed by atoms with Gasteiger partial charge < -0.3 is 10.5 Å². The lowest BCUT2D eigenvalue weighted by molar-refractivity contribution is 0.404. The molecule has 0 aromatic heterocycles. The molecule has 0 amide bonds. The van der Waals surface area contributed by atoms with E-state index in [1.54, 1.807) is 25.3 Å². The highest BCUT2D eigenvalue weighted by Crippen LogP contribution is 2.33. The number of nitrogens with two attached hydrogens (primary N) is 1. The molecule has 1 aromatic rings. The van der Waals surface area contributed by atoms with Gasteiger partial charge in [0.25, 0.3) is 0 Å². The van der Waals surface area contributed by atoms with E-state index in [0.717, 1.165) is 10.6 Å². The molecule has 15 heavy (non-hydrogen) atoms. The molecular formula is C11H15NO2S. The summed E-state index contributed by atoms with van der Waals surface area (Å²) in [5.41, 5.74) is 6.28. The molecule has 1 aromatic carbocycles. The van der Waals surface area contributed by atoms with Crippen molar-refractivity contribution >= 4 is 16.5 Å². The fourth-order valence-corrected chi connectivity index (χ4v) is 2.99. The van der Waals surface area contributed by atoms with Gasteiger partial charge in [0.05, 0.1) is 22.8 Å². The zero-order valence-electron chi connectivity index (χ0n) is 8.73. The first-order chi connectivity index (χ1) is 7.20. The Balaban J connectivity index is 2.21. The molecule has 0 spiro atoms. The van der Waals surface area contributed by atoms with E-state index in [1.807, 2.05) is 0 Å². The largest absolute Gasteiger partial charge is 0.495 e. The smallest absolute Gasteiger partial charge is 0.137 e. The SMILES string of the molecule is COc1cc(N)ccc1S(=O)CC1CC1. The topological polar surface area (TPSA) is 52.3 Å². The highest BCUT2D eigenvalue weighted by atomic mass is 32.2. The van der Waals surface area contributed by atoms with Crippen molar-refractivity contribution in [2.24, 2.45) is 5.92 Å². The average Bonchev–Trinajstić information content (AvgIpc) is 3.01. The van der Waals surface area contributed by atoms with Crippen LogP contribution in [-0.2, 0) is 10.8 Å². The first-order valence-corrected chi connectivity index (χ1v) is 6.34. The lowest BCUT2D eigenvalue weighted by Crippen LogP contribution is -2.02. The van der Waals surface area contributed by atoms with Crippen LogP contribution in [0.4, 0.5) is 5.69 Å². The molecule has 0 aliphatic heterocycles. The van der Waals surface area contributed by atoms with Gasteiger partial charge in [-0.1, -0.05) is 0 Å². The molecule has 2 N–H and O–H groups in total. The van der Waals surface area contributed by atoms with Gasteiger partial charge in [-0.3, -0.25) is 4.21 Å². The summed E-state index contributed by atoms with van der Waals surface area (Å²) in [5, 5.41) is 0. The predicted molar refractivity (Wildman–Crippen MR) is 61.4 cm³/mol. The summed E-state index contributed by atoms with van der Waals surface area (Å²) >= 11 is 0. The van der Waals surface area contributed by atoms with Gasteiger partial charge in [0.2, 0.25) is 0 Å². The second kappa shape index (κ2) is 4.23. The Morgan fingerprint density at radius 3 is 2.87 bits per heavy atom. The second-order valence-corrected chi connectivity index (χ2v) is 5.33. The number of rotatable bonds is 4. The monoisotopic (exact) mass is 225 g/mol. The van der Waals surface area contributed by atoms with E-state index in [0.29, 0.717) is 17.4 Å². The van der Waals surface area contributed by atoms with Crippen LogP contribution in [0.5, 0.6) is 5.75 Å². The van der Waals surface area contributed by atoms with Crippen molar-refractivity contribution in [1.29, 1.82) is 0 Å². The molecule has 1 atom stereocenters. The van der Waals surface area contributed by atoms with Crippen LogP contribution in [0, 0.1) is 5.92 Å². The molecule has 82 valence electrons. The fourth-order valence-electron chi connectivity index (χ4n) is 1.46. The molecule has 1 fully saturated rings. The van der Waals surface area contributed by atoms with Crippen LogP contribution < -0.4 is 10.5 Å². The predicted octanol–water partition coefficient (Wildman–Crippen LogP) is 1.79. The van der Waals surface area contributed by atoms with Crippen molar-refractivity contribution in [2.45, 2.75) is 17.7 Å². The van der Waals surface area contributed by atoms with Gasteiger partial charge in [-0.05, 0) is 30.9 Å². The molecule has 3 nitrogen and oxygen atoms in total. The molecule has 1 aliphatic carbocycles. The van der Waals surface area contributed by atoms with Crippen LogP contribution >= 0.6 is 0 Å². The van der Waals surface area contributed by atoms with Crippen molar-refractivity contribution in [3.63, 3.8) is 0 Å². The number of benzene rings is 1. The molecule has 1 aliphatic rings. The quantitative estimate of drug-likeness (QED) is 0.795. The highest BCUT2D eigenvalue weighted by molar-refractivity contribution is 7.85. The van der Waals surface area contributed by atoms with Crippen molar-refractivity contribution < 1.29 is 8.95 Å². The summed E-state index contributed by atoms with van der Waals surface area (Å²) in [5.74, 6) is 2.03. The molecule has 0 saturated heterocycles. The second-order valence-electron chi connectivity index (χ2n) is 3.87. The third-order valence-corrected chi connectivity index (χ3v) is 4.12. The van der Waals surface area contributed by atoms with E-state index in [2.05, 4.69) is 0 Å². The molecule has 0 radical (unpaired) electrons. The Kier molecular flexibility index (Phi) is 2.95. The molecule has 1 saturated carbocycles. The first-order valence-electron chi connectivity index (χ1n) is 5.02. The minimum absolute atomic E-state index is 0.633. The Morgan fingerprint density at radius 2 is 2.27 bits per heavy atom. The van der Waals surface area contributed by atoms with Crippen molar-refractivity contribution in [1.82, 2.24) is 0 Å². The van der Waals surface area contributed by atoms with E-state index < -0.39 is 10.8 Å². The fraction of sp³-hybridized carbons (Fsp3) is 0.455. The summed E-state index contributed by atoms with van der Waals surface area (Å²) in [7, 11) is 0.625. The minimum atomic E-state index is -0.951. The number of ether oxygens (including phenoxy) is 1. The zero-order valence-corrected chi connectivity index (χ0v) is 9.55. The number of methoxy groups -OCH3 is 1. The third kappa shape index (κ3) is 2.50. The van der Waals surface area contributed by atoms with Crippen molar-refractivity contribution in [2.75, 3.05) is 18.6 Å². The first kappa shape index (κ1) is 10.5. The Labute approximate surface area is 92.1 Å². The third-order valence-electron chi connectivity index (χ3n) is 2.52. The van der Waals surface area contributed by atoms with Gasteiger partial charge in [0.1, 0.15) is 5.75 Å². The van der Waals surface area contributed by atoms with Gasteiger partial charge in [-0.15, -0.1) is 0 Å². The molecule has 4 heteroatoms.